The van der Waals surface area contributed by atoms with Gasteiger partial charge >= 0.3 is 0 Å². The van der Waals surface area contributed by atoms with Gasteiger partial charge in [0, 0.05) is 25.4 Å². The molecule has 88 valence electrons. The largest absolute Gasteiger partial charge is 0.392 e. The van der Waals surface area contributed by atoms with Crippen LogP contribution in [0.15, 0.2) is 0 Å². The van der Waals surface area contributed by atoms with E-state index in [9.17, 15) is 5.11 Å². The van der Waals surface area contributed by atoms with E-state index in [1.165, 1.54) is 0 Å². The van der Waals surface area contributed by atoms with Gasteiger partial charge in [-0.05, 0) is 63.7 Å². The summed E-state index contributed by atoms with van der Waals surface area (Å²) in [6.07, 6.45) is 17.5. The summed E-state index contributed by atoms with van der Waals surface area (Å²) < 4.78 is 0. The second-order valence-corrected chi connectivity index (χ2v) is 3.87. The zero-order valence-corrected chi connectivity index (χ0v) is 11.4. The average molecular weight is 303 g/mol. The van der Waals surface area contributed by atoms with Crippen molar-refractivity contribution in [3.63, 3.8) is 0 Å². The van der Waals surface area contributed by atoms with Crippen LogP contribution in [0.5, 0.6) is 0 Å². The van der Waals surface area contributed by atoms with Crippen molar-refractivity contribution in [3.8, 4) is 0 Å². The molecule has 2 heteroatoms. The van der Waals surface area contributed by atoms with Crippen LogP contribution in [0.1, 0.15) is 13.8 Å². The van der Waals surface area contributed by atoms with Gasteiger partial charge in [-0.1, -0.05) is 13.8 Å². The topological polar surface area (TPSA) is 20.2 Å². The molecule has 2 aliphatic rings. The summed E-state index contributed by atoms with van der Waals surface area (Å²) in [5, 5.41) is 9.49. The molecule has 16 heavy (non-hydrogen) atoms. The fourth-order valence-electron chi connectivity index (χ4n) is 1.29. The molecule has 1 nitrogen and oxygen atoms in total. The van der Waals surface area contributed by atoms with Crippen molar-refractivity contribution in [2.45, 2.75) is 20.0 Å². The number of hydrogen-bond donors (Lipinski definition) is 1. The summed E-state index contributed by atoms with van der Waals surface area (Å²) in [5.74, 6) is 1.33. The summed E-state index contributed by atoms with van der Waals surface area (Å²) in [7, 11) is 0. The second kappa shape index (κ2) is 9.60. The Kier molecular flexibility index (Phi) is 9.95. The molecule has 0 saturated heterocycles. The Morgan fingerprint density at radius 2 is 1.19 bits per heavy atom. The van der Waals surface area contributed by atoms with Gasteiger partial charge in [0.1, 0.15) is 0 Å². The minimum atomic E-state index is -0.296. The monoisotopic (exact) mass is 304 g/mol. The molecule has 1 N–H and O–H groups in total. The number of hydrogen-bond acceptors (Lipinski definition) is 1. The van der Waals surface area contributed by atoms with Crippen LogP contribution in [-0.4, -0.2) is 11.2 Å². The molecule has 0 spiro atoms. The Hall–Kier alpha value is 0.583. The maximum Gasteiger partial charge on any atom is 0.0631 e. The van der Waals surface area contributed by atoms with Gasteiger partial charge in [0.15, 0.2) is 0 Å². The molecule has 0 unspecified atom stereocenters. The molecule has 2 saturated carbocycles. The van der Waals surface area contributed by atoms with Crippen LogP contribution in [0.2, 0.25) is 0 Å². The smallest absolute Gasteiger partial charge is 0.0631 e. The minimum absolute atomic E-state index is 0. The number of aliphatic hydroxyl groups excluding tert-OH is 1. The Bertz CT molecular complexity index is 141. The molecule has 0 aliphatic heterocycles. The first-order valence-corrected chi connectivity index (χ1v) is 5.28. The summed E-state index contributed by atoms with van der Waals surface area (Å²) in [6.45, 7) is 4.02. The van der Waals surface area contributed by atoms with Gasteiger partial charge in [-0.3, -0.25) is 0 Å². The van der Waals surface area contributed by atoms with Crippen LogP contribution in [0, 0.1) is 69.6 Å². The van der Waals surface area contributed by atoms with Crippen LogP contribution in [0.3, 0.4) is 0 Å². The van der Waals surface area contributed by atoms with Gasteiger partial charge in [0.25, 0.3) is 0 Å². The van der Waals surface area contributed by atoms with Gasteiger partial charge in [0.2, 0.25) is 0 Å². The molecular weight excluding hydrogens is 285 g/mol. The van der Waals surface area contributed by atoms with Crippen LogP contribution >= 0.6 is 0 Å². The van der Waals surface area contributed by atoms with E-state index in [-0.39, 0.29) is 25.6 Å². The Balaban J connectivity index is 0.000000318. The van der Waals surface area contributed by atoms with Crippen molar-refractivity contribution < 1.29 is 24.6 Å². The van der Waals surface area contributed by atoms with Crippen molar-refractivity contribution in [2.75, 3.05) is 0 Å². The predicted octanol–water partition coefficient (Wildman–Crippen LogP) is 2.43. The van der Waals surface area contributed by atoms with E-state index < -0.39 is 0 Å². The fourth-order valence-corrected chi connectivity index (χ4v) is 1.29. The third-order valence-electron chi connectivity index (χ3n) is 2.22. The normalized spacial score (nSPS) is 22.5. The van der Waals surface area contributed by atoms with Crippen LogP contribution in [-0.2, 0) is 19.5 Å². The van der Waals surface area contributed by atoms with E-state index in [2.05, 4.69) is 0 Å². The Morgan fingerprint density at radius 3 is 1.50 bits per heavy atom. The first kappa shape index (κ1) is 16.6. The molecule has 1 atom stereocenters. The SMILES string of the molecule is CC(C)[C@@H](O)[C]1[CH][CH][CH][CH]1.[CH]1[CH][CH][CH][CH]1.[Ru]. The minimum Gasteiger partial charge on any atom is -0.392 e. The first-order chi connectivity index (χ1) is 7.22. The van der Waals surface area contributed by atoms with Crippen LogP contribution in [0.4, 0.5) is 0 Å². The van der Waals surface area contributed by atoms with E-state index in [4.69, 9.17) is 0 Å². The molecule has 0 aromatic heterocycles. The van der Waals surface area contributed by atoms with E-state index in [0.29, 0.717) is 5.92 Å². The summed E-state index contributed by atoms with van der Waals surface area (Å²) >= 11 is 0. The maximum atomic E-state index is 9.49. The van der Waals surface area contributed by atoms with Crippen molar-refractivity contribution in [2.24, 2.45) is 5.92 Å². The average Bonchev–Trinajstić information content (AvgIpc) is 2.92. The maximum absolute atomic E-state index is 9.49. The third-order valence-corrected chi connectivity index (χ3v) is 2.22. The third kappa shape index (κ3) is 6.35. The summed E-state index contributed by atoms with van der Waals surface area (Å²) in [4.78, 5) is 0. The second-order valence-electron chi connectivity index (χ2n) is 3.87. The molecule has 0 amide bonds. The van der Waals surface area contributed by atoms with Gasteiger partial charge in [-0.15, -0.1) is 0 Å². The van der Waals surface area contributed by atoms with E-state index in [0.717, 1.165) is 5.92 Å². The molecule has 2 aliphatic carbocycles. The van der Waals surface area contributed by atoms with E-state index >= 15 is 0 Å². The van der Waals surface area contributed by atoms with Crippen molar-refractivity contribution in [1.82, 2.24) is 0 Å². The van der Waals surface area contributed by atoms with E-state index in [1.807, 2.05) is 71.6 Å². The zero-order chi connectivity index (χ0) is 11.1. The predicted molar refractivity (Wildman–Crippen MR) is 62.8 cm³/mol. The van der Waals surface area contributed by atoms with Gasteiger partial charge in [0.05, 0.1) is 6.10 Å². The molecule has 2 fully saturated rings. The Labute approximate surface area is 114 Å². The molecule has 0 bridgehead atoms. The summed E-state index contributed by atoms with van der Waals surface area (Å²) in [6, 6.07) is 0. The molecular formula is C14H18ORu. The number of rotatable bonds is 2. The molecule has 0 aromatic carbocycles. The summed E-state index contributed by atoms with van der Waals surface area (Å²) in [5.41, 5.74) is 0. The zero-order valence-electron chi connectivity index (χ0n) is 9.65. The number of aliphatic hydroxyl groups is 1. The van der Waals surface area contributed by atoms with Crippen LogP contribution in [0.25, 0.3) is 0 Å². The van der Waals surface area contributed by atoms with Crippen molar-refractivity contribution >= 4 is 0 Å². The molecule has 2 rings (SSSR count). The van der Waals surface area contributed by atoms with Crippen molar-refractivity contribution in [1.29, 1.82) is 0 Å². The van der Waals surface area contributed by atoms with Crippen molar-refractivity contribution in [3.05, 3.63) is 63.7 Å². The van der Waals surface area contributed by atoms with Crippen LogP contribution < -0.4 is 0 Å². The molecule has 0 heterocycles. The first-order valence-electron chi connectivity index (χ1n) is 5.28. The van der Waals surface area contributed by atoms with Gasteiger partial charge < -0.3 is 5.11 Å². The quantitative estimate of drug-likeness (QED) is 0.777. The van der Waals surface area contributed by atoms with E-state index in [1.54, 1.807) is 0 Å². The Morgan fingerprint density at radius 1 is 0.812 bits per heavy atom. The van der Waals surface area contributed by atoms with Gasteiger partial charge in [-0.25, -0.2) is 0 Å². The van der Waals surface area contributed by atoms with Gasteiger partial charge in [-0.2, -0.15) is 0 Å². The molecule has 0 aromatic rings. The standard InChI is InChI=1S/C9H13O.C5H5.Ru/c1-7(2)9(10)8-5-3-4-6-8;1-2-4-5-3-1;/h3-7,9-10H,1-2H3;1-5H;/t9-;;/m1../s1. The fraction of sp³-hybridized carbons (Fsp3) is 0.286. The molecule has 10 radical (unpaired) electrons.